The molecule has 0 bridgehead atoms. The van der Waals surface area contributed by atoms with Gasteiger partial charge in [0.15, 0.2) is 10.9 Å². The Kier molecular flexibility index (Phi) is 7.45. The van der Waals surface area contributed by atoms with Crippen molar-refractivity contribution in [3.63, 3.8) is 0 Å². The summed E-state index contributed by atoms with van der Waals surface area (Å²) in [5, 5.41) is 12.2. The average Bonchev–Trinajstić information content (AvgIpc) is 3.24. The van der Waals surface area contributed by atoms with Gasteiger partial charge in [-0.05, 0) is 44.2 Å². The highest BCUT2D eigenvalue weighted by Gasteiger charge is 2.29. The number of carbonyl (C=O) groups excluding carboxylic acids is 2. The van der Waals surface area contributed by atoms with Gasteiger partial charge < -0.3 is 10.3 Å². The summed E-state index contributed by atoms with van der Waals surface area (Å²) in [6.45, 7) is 2.39. The lowest BCUT2D eigenvalue weighted by Gasteiger charge is -2.13. The fourth-order valence-corrected chi connectivity index (χ4v) is 6.65. The van der Waals surface area contributed by atoms with E-state index >= 15 is 0 Å². The van der Waals surface area contributed by atoms with Crippen LogP contribution in [0.25, 0.3) is 0 Å². The largest absolute Gasteiger partial charge is 0.324 e. The minimum atomic E-state index is 0.0870. The van der Waals surface area contributed by atoms with Crippen molar-refractivity contribution in [2.75, 3.05) is 0 Å². The second kappa shape index (κ2) is 10.7. The van der Waals surface area contributed by atoms with Gasteiger partial charge in [-0.1, -0.05) is 42.3 Å². The molecule has 0 unspecified atom stereocenters. The van der Waals surface area contributed by atoms with Crippen LogP contribution < -0.4 is 5.73 Å². The second-order valence-corrected chi connectivity index (χ2v) is 11.5. The molecule has 0 amide bonds. The van der Waals surface area contributed by atoms with Crippen molar-refractivity contribution in [1.82, 2.24) is 19.7 Å². The number of hydrogen-bond donors (Lipinski definition) is 1. The van der Waals surface area contributed by atoms with Crippen LogP contribution >= 0.6 is 23.1 Å². The van der Waals surface area contributed by atoms with Gasteiger partial charge in [0.1, 0.15) is 16.6 Å². The third kappa shape index (κ3) is 5.73. The number of aryl methyl sites for hydroxylation is 1. The average molecular weight is 510 g/mol. The first-order chi connectivity index (χ1) is 17.0. The van der Waals surface area contributed by atoms with Gasteiger partial charge >= 0.3 is 0 Å². The minimum Gasteiger partial charge on any atom is -0.324 e. The Labute approximate surface area is 213 Å². The summed E-state index contributed by atoms with van der Waals surface area (Å²) in [5.74, 6) is 1.92. The molecule has 0 saturated heterocycles. The molecule has 0 radical (unpaired) electrons. The summed E-state index contributed by atoms with van der Waals surface area (Å²) < 4.78 is 2.16. The van der Waals surface area contributed by atoms with Crippen molar-refractivity contribution >= 4 is 34.7 Å². The number of benzene rings is 1. The van der Waals surface area contributed by atoms with E-state index in [4.69, 9.17) is 5.73 Å². The predicted molar refractivity (Wildman–Crippen MR) is 138 cm³/mol. The molecule has 2 aromatic heterocycles. The van der Waals surface area contributed by atoms with Crippen molar-refractivity contribution in [2.45, 2.75) is 81.8 Å². The Morgan fingerprint density at radius 1 is 1.14 bits per heavy atom. The molecule has 2 aliphatic carbocycles. The smallest absolute Gasteiger partial charge is 0.191 e. The van der Waals surface area contributed by atoms with Crippen molar-refractivity contribution < 1.29 is 9.59 Å². The van der Waals surface area contributed by atoms with Gasteiger partial charge in [0.25, 0.3) is 0 Å². The number of thiazole rings is 1. The Hall–Kier alpha value is -2.36. The third-order valence-electron chi connectivity index (χ3n) is 6.77. The number of ketones is 2. The van der Waals surface area contributed by atoms with E-state index < -0.39 is 0 Å². The number of nitrogens with two attached hydrogens (primary N) is 1. The lowest BCUT2D eigenvalue weighted by Crippen LogP contribution is -2.16. The van der Waals surface area contributed by atoms with Gasteiger partial charge in [-0.15, -0.1) is 21.5 Å². The van der Waals surface area contributed by atoms with Gasteiger partial charge in [-0.2, -0.15) is 0 Å². The molecule has 0 aliphatic heterocycles. The molecule has 2 saturated carbocycles. The van der Waals surface area contributed by atoms with Crippen LogP contribution in [0.5, 0.6) is 0 Å². The van der Waals surface area contributed by atoms with Gasteiger partial charge in [-0.25, -0.2) is 4.98 Å². The first-order valence-electron chi connectivity index (χ1n) is 12.4. The van der Waals surface area contributed by atoms with Crippen LogP contribution in [0.2, 0.25) is 0 Å². The van der Waals surface area contributed by atoms with Crippen LogP contribution in [0.4, 0.5) is 0 Å². The molecule has 2 heterocycles. The molecule has 0 atom stereocenters. The molecule has 0 spiro atoms. The van der Waals surface area contributed by atoms with Crippen molar-refractivity contribution in [1.29, 1.82) is 0 Å². The summed E-state index contributed by atoms with van der Waals surface area (Å²) in [6.07, 6.45) is 7.02. The molecule has 7 nitrogen and oxygen atoms in total. The van der Waals surface area contributed by atoms with Crippen LogP contribution in [0.15, 0.2) is 28.7 Å². The molecule has 5 rings (SSSR count). The lowest BCUT2D eigenvalue weighted by molar-refractivity contribution is -0.117. The normalized spacial score (nSPS) is 16.2. The summed E-state index contributed by atoms with van der Waals surface area (Å²) in [5.41, 5.74) is 9.39. The number of carbonyl (C=O) groups is 2. The van der Waals surface area contributed by atoms with Crippen molar-refractivity contribution in [2.24, 2.45) is 11.7 Å². The van der Waals surface area contributed by atoms with Gasteiger partial charge in [0.2, 0.25) is 0 Å². The number of aromatic nitrogens is 4. The summed E-state index contributed by atoms with van der Waals surface area (Å²) in [7, 11) is 0. The van der Waals surface area contributed by atoms with Crippen LogP contribution in [0.3, 0.4) is 0 Å². The maximum absolute atomic E-state index is 13.1. The van der Waals surface area contributed by atoms with Crippen LogP contribution in [-0.4, -0.2) is 31.3 Å². The summed E-state index contributed by atoms with van der Waals surface area (Å²) in [4.78, 5) is 30.7. The minimum absolute atomic E-state index is 0.0870. The van der Waals surface area contributed by atoms with E-state index in [-0.39, 0.29) is 30.3 Å². The maximum Gasteiger partial charge on any atom is 0.191 e. The van der Waals surface area contributed by atoms with Gasteiger partial charge in [0, 0.05) is 35.1 Å². The fraction of sp³-hybridized carbons (Fsp3) is 0.500. The number of Topliss-reactive ketones (excluding diaryl/α,β-unsaturated/α-hetero) is 2. The second-order valence-electron chi connectivity index (χ2n) is 9.62. The van der Waals surface area contributed by atoms with E-state index in [0.717, 1.165) is 76.9 Å². The first kappa shape index (κ1) is 24.3. The van der Waals surface area contributed by atoms with E-state index in [1.165, 1.54) is 11.3 Å². The highest BCUT2D eigenvalue weighted by atomic mass is 32.2. The van der Waals surface area contributed by atoms with Crippen molar-refractivity contribution in [3.8, 4) is 0 Å². The molecular weight excluding hydrogens is 478 g/mol. The van der Waals surface area contributed by atoms with E-state index in [1.807, 2.05) is 30.5 Å². The van der Waals surface area contributed by atoms with Gasteiger partial charge in [-0.3, -0.25) is 9.59 Å². The van der Waals surface area contributed by atoms with Gasteiger partial charge in [0.05, 0.1) is 18.7 Å². The fourth-order valence-electron chi connectivity index (χ4n) is 4.80. The van der Waals surface area contributed by atoms with Crippen LogP contribution in [-0.2, 0) is 29.9 Å². The summed E-state index contributed by atoms with van der Waals surface area (Å²) >= 11 is 3.13. The zero-order chi connectivity index (χ0) is 24.4. The molecule has 2 N–H and O–H groups in total. The first-order valence-corrected chi connectivity index (χ1v) is 14.2. The highest BCUT2D eigenvalue weighted by Crippen LogP contribution is 2.39. The standard InChI is InChI=1S/C26H31N5O2S2/c1-16-6-7-18(22(10-16)25(33)17-4-2-3-5-17)11-21(32)12-24-28-19(14-34-24)15-35-26-30-29-23(13-27)31(26)20-8-9-20/h6-7,10,14,17,20H,2-5,8-9,11-13,15,27H2,1H3. The SMILES string of the molecule is Cc1ccc(CC(=O)Cc2nc(CSc3nnc(CN)n3C3CC3)cs2)c(C(=O)C2CCCC2)c1. The lowest BCUT2D eigenvalue weighted by atomic mass is 9.90. The Balaban J connectivity index is 1.20. The molecule has 1 aromatic carbocycles. The monoisotopic (exact) mass is 509 g/mol. The highest BCUT2D eigenvalue weighted by molar-refractivity contribution is 7.98. The van der Waals surface area contributed by atoms with E-state index in [1.54, 1.807) is 11.8 Å². The van der Waals surface area contributed by atoms with Crippen LogP contribution in [0, 0.1) is 12.8 Å². The van der Waals surface area contributed by atoms with E-state index in [0.29, 0.717) is 18.3 Å². The maximum atomic E-state index is 13.1. The zero-order valence-corrected chi connectivity index (χ0v) is 21.7. The number of nitrogens with zero attached hydrogens (tertiary/aromatic N) is 4. The Morgan fingerprint density at radius 2 is 1.94 bits per heavy atom. The molecule has 9 heteroatoms. The number of thioether (sulfide) groups is 1. The third-order valence-corrected chi connectivity index (χ3v) is 8.65. The van der Waals surface area contributed by atoms with Crippen molar-refractivity contribution in [3.05, 3.63) is 56.8 Å². The zero-order valence-electron chi connectivity index (χ0n) is 20.0. The molecule has 2 fully saturated rings. The number of rotatable bonds is 11. The predicted octanol–water partition coefficient (Wildman–Crippen LogP) is 4.86. The molecule has 184 valence electrons. The van der Waals surface area contributed by atoms with Crippen LogP contribution in [0.1, 0.15) is 82.6 Å². The number of hydrogen-bond acceptors (Lipinski definition) is 8. The molecule has 35 heavy (non-hydrogen) atoms. The quantitative estimate of drug-likeness (QED) is 0.291. The van der Waals surface area contributed by atoms with E-state index in [2.05, 4.69) is 19.7 Å². The molecule has 2 aliphatic rings. The summed E-state index contributed by atoms with van der Waals surface area (Å²) in [6, 6.07) is 6.37. The molecule has 3 aromatic rings. The topological polar surface area (TPSA) is 104 Å². The molecular formula is C26H31N5O2S2. The van der Waals surface area contributed by atoms with E-state index in [9.17, 15) is 9.59 Å². The Bertz CT molecular complexity index is 1220. The Morgan fingerprint density at radius 3 is 2.69 bits per heavy atom.